The van der Waals surface area contributed by atoms with Gasteiger partial charge in [0.2, 0.25) is 5.91 Å². The smallest absolute Gasteiger partial charge is 0.410 e. The Hall–Kier alpha value is -2.31. The van der Waals surface area contributed by atoms with Crippen molar-refractivity contribution >= 4 is 17.7 Å². The van der Waals surface area contributed by atoms with Crippen LogP contribution in [-0.2, 0) is 16.1 Å². The number of nitrogens with one attached hydrogen (secondary N) is 1. The molecule has 2 aliphatic heterocycles. The van der Waals surface area contributed by atoms with Crippen LogP contribution >= 0.6 is 0 Å². The van der Waals surface area contributed by atoms with E-state index in [9.17, 15) is 14.0 Å². The Morgan fingerprint density at radius 3 is 2.76 bits per heavy atom. The fraction of sp³-hybridized carbons (Fsp3) is 0.556. The second-order valence-electron chi connectivity index (χ2n) is 6.63. The molecule has 2 fully saturated rings. The maximum atomic E-state index is 14.5. The molecule has 1 aromatic rings. The van der Waals surface area contributed by atoms with Gasteiger partial charge in [-0.15, -0.1) is 0 Å². The summed E-state index contributed by atoms with van der Waals surface area (Å²) < 4.78 is 19.6. The van der Waals surface area contributed by atoms with Gasteiger partial charge in [-0.25, -0.2) is 9.18 Å². The van der Waals surface area contributed by atoms with Gasteiger partial charge < -0.3 is 15.0 Å². The summed E-state index contributed by atoms with van der Waals surface area (Å²) >= 11 is 0. The summed E-state index contributed by atoms with van der Waals surface area (Å²) in [6, 6.07) is 4.90. The highest BCUT2D eigenvalue weighted by Crippen LogP contribution is 2.25. The molecule has 0 aromatic heterocycles. The fourth-order valence-electron chi connectivity index (χ4n) is 3.35. The van der Waals surface area contributed by atoms with Crippen molar-refractivity contribution in [3.05, 3.63) is 29.6 Å². The summed E-state index contributed by atoms with van der Waals surface area (Å²) in [5, 5.41) is 2.69. The maximum Gasteiger partial charge on any atom is 0.410 e. The number of cyclic esters (lactones) is 1. The van der Waals surface area contributed by atoms with Gasteiger partial charge in [-0.3, -0.25) is 9.69 Å². The Morgan fingerprint density at radius 2 is 2.08 bits per heavy atom. The van der Waals surface area contributed by atoms with Crippen LogP contribution in [0.5, 0.6) is 0 Å². The van der Waals surface area contributed by atoms with E-state index in [0.29, 0.717) is 17.8 Å². The summed E-state index contributed by atoms with van der Waals surface area (Å²) in [7, 11) is 0. The molecule has 0 spiro atoms. The van der Waals surface area contributed by atoms with Gasteiger partial charge in [-0.05, 0) is 37.0 Å². The molecule has 1 atom stereocenters. The van der Waals surface area contributed by atoms with Crippen molar-refractivity contribution in [3.8, 4) is 0 Å². The van der Waals surface area contributed by atoms with Crippen LogP contribution in [0.4, 0.5) is 14.9 Å². The first kappa shape index (κ1) is 17.5. The molecule has 0 saturated carbocycles. The zero-order valence-electron chi connectivity index (χ0n) is 14.5. The van der Waals surface area contributed by atoms with Crippen LogP contribution in [0.2, 0.25) is 0 Å². The quantitative estimate of drug-likeness (QED) is 0.886. The van der Waals surface area contributed by atoms with Crippen LogP contribution in [0.15, 0.2) is 18.2 Å². The van der Waals surface area contributed by atoms with Crippen LogP contribution in [0.1, 0.15) is 31.7 Å². The number of halogens is 1. The first-order valence-corrected chi connectivity index (χ1v) is 8.76. The number of carbonyl (C=O) groups excluding carboxylic acids is 2. The molecule has 3 rings (SSSR count). The van der Waals surface area contributed by atoms with Gasteiger partial charge in [0.15, 0.2) is 0 Å². The molecule has 2 heterocycles. The van der Waals surface area contributed by atoms with E-state index in [2.05, 4.69) is 10.2 Å². The predicted octanol–water partition coefficient (Wildman–Crippen LogP) is 2.27. The molecule has 2 amide bonds. The average Bonchev–Trinajstić information content (AvgIpc) is 2.94. The summed E-state index contributed by atoms with van der Waals surface area (Å²) in [5.41, 5.74) is 1.34. The van der Waals surface area contributed by atoms with Gasteiger partial charge in [0.25, 0.3) is 0 Å². The number of carbonyl (C=O) groups is 2. The van der Waals surface area contributed by atoms with Crippen molar-refractivity contribution in [3.63, 3.8) is 0 Å². The van der Waals surface area contributed by atoms with Crippen LogP contribution in [0, 0.1) is 5.82 Å². The Morgan fingerprint density at radius 1 is 1.32 bits per heavy atom. The van der Waals surface area contributed by atoms with Gasteiger partial charge in [-0.1, -0.05) is 6.07 Å². The van der Waals surface area contributed by atoms with Gasteiger partial charge in [0.1, 0.15) is 12.4 Å². The molecule has 1 N–H and O–H groups in total. The number of hydrogen-bond acceptors (Lipinski definition) is 4. The third-order valence-corrected chi connectivity index (χ3v) is 4.72. The molecular weight excluding hydrogens is 325 g/mol. The van der Waals surface area contributed by atoms with Crippen molar-refractivity contribution in [2.24, 2.45) is 0 Å². The van der Waals surface area contributed by atoms with Gasteiger partial charge in [0.05, 0.1) is 11.7 Å². The maximum absolute atomic E-state index is 14.5. The van der Waals surface area contributed by atoms with Crippen molar-refractivity contribution in [1.82, 2.24) is 10.2 Å². The lowest BCUT2D eigenvalue weighted by Crippen LogP contribution is -2.41. The topological polar surface area (TPSA) is 61.9 Å². The zero-order chi connectivity index (χ0) is 17.8. The van der Waals surface area contributed by atoms with E-state index in [4.69, 9.17) is 4.74 Å². The van der Waals surface area contributed by atoms with E-state index in [1.165, 1.54) is 24.3 Å². The summed E-state index contributed by atoms with van der Waals surface area (Å²) in [6.07, 6.45) is 2.94. The molecule has 6 nitrogen and oxygen atoms in total. The minimum absolute atomic E-state index is 0.156. The minimum atomic E-state index is -0.434. The lowest BCUT2D eigenvalue weighted by molar-refractivity contribution is -0.119. The van der Waals surface area contributed by atoms with Crippen LogP contribution in [-0.4, -0.2) is 49.2 Å². The van der Waals surface area contributed by atoms with Crippen molar-refractivity contribution in [2.75, 3.05) is 31.1 Å². The molecule has 0 radical (unpaired) electrons. The average molecular weight is 349 g/mol. The van der Waals surface area contributed by atoms with Crippen LogP contribution < -0.4 is 10.2 Å². The number of nitrogens with zero attached hydrogens (tertiary/aromatic N) is 2. The molecule has 136 valence electrons. The zero-order valence-corrected chi connectivity index (χ0v) is 14.5. The van der Waals surface area contributed by atoms with Crippen molar-refractivity contribution < 1.29 is 18.7 Å². The molecule has 25 heavy (non-hydrogen) atoms. The Labute approximate surface area is 146 Å². The molecule has 0 bridgehead atoms. The highest BCUT2D eigenvalue weighted by Gasteiger charge is 2.33. The number of benzene rings is 1. The molecule has 1 aromatic carbocycles. The fourth-order valence-corrected chi connectivity index (χ4v) is 3.35. The third-order valence-electron chi connectivity index (χ3n) is 4.72. The summed E-state index contributed by atoms with van der Waals surface area (Å²) in [6.45, 7) is 4.01. The second-order valence-corrected chi connectivity index (χ2v) is 6.63. The number of anilines is 1. The lowest BCUT2D eigenvalue weighted by Gasteiger charge is -2.29. The minimum Gasteiger partial charge on any atom is -0.447 e. The summed E-state index contributed by atoms with van der Waals surface area (Å²) in [5.74, 6) is -0.415. The SMILES string of the molecule is CC(=O)NCC1COC(=O)N1Cc1ccc(N2CCCCC2)c(F)c1. The number of hydrogen-bond donors (Lipinski definition) is 1. The molecular formula is C18H24FN3O3. The second kappa shape index (κ2) is 7.72. The van der Waals surface area contributed by atoms with E-state index in [1.807, 2.05) is 6.07 Å². The predicted molar refractivity (Wildman–Crippen MR) is 91.8 cm³/mol. The van der Waals surface area contributed by atoms with Crippen molar-refractivity contribution in [1.29, 1.82) is 0 Å². The first-order chi connectivity index (χ1) is 12.0. The van der Waals surface area contributed by atoms with E-state index < -0.39 is 6.09 Å². The molecule has 2 saturated heterocycles. The Balaban J connectivity index is 1.67. The number of amides is 2. The Kier molecular flexibility index (Phi) is 5.40. The van der Waals surface area contributed by atoms with E-state index in [0.717, 1.165) is 25.9 Å². The monoisotopic (exact) mass is 349 g/mol. The Bertz CT molecular complexity index is 646. The number of piperidine rings is 1. The normalized spacial score (nSPS) is 20.6. The number of ether oxygens (including phenoxy) is 1. The first-order valence-electron chi connectivity index (χ1n) is 8.76. The van der Waals surface area contributed by atoms with E-state index in [-0.39, 0.29) is 30.9 Å². The van der Waals surface area contributed by atoms with Gasteiger partial charge in [0, 0.05) is 33.1 Å². The molecule has 2 aliphatic rings. The summed E-state index contributed by atoms with van der Waals surface area (Å²) in [4.78, 5) is 26.6. The molecule has 7 heteroatoms. The highest BCUT2D eigenvalue weighted by molar-refractivity contribution is 5.73. The third kappa shape index (κ3) is 4.21. The van der Waals surface area contributed by atoms with Gasteiger partial charge in [-0.2, -0.15) is 0 Å². The van der Waals surface area contributed by atoms with E-state index >= 15 is 0 Å². The molecule has 1 unspecified atom stereocenters. The van der Waals surface area contributed by atoms with Crippen molar-refractivity contribution in [2.45, 2.75) is 38.8 Å². The number of rotatable bonds is 5. The van der Waals surface area contributed by atoms with Crippen LogP contribution in [0.3, 0.4) is 0 Å². The van der Waals surface area contributed by atoms with E-state index in [1.54, 1.807) is 6.07 Å². The van der Waals surface area contributed by atoms with Gasteiger partial charge >= 0.3 is 6.09 Å². The largest absolute Gasteiger partial charge is 0.447 e. The standard InChI is InChI=1S/C18H24FN3O3/c1-13(23)20-10-15-12-25-18(24)22(15)11-14-5-6-17(16(19)9-14)21-7-3-2-4-8-21/h5-6,9,15H,2-4,7-8,10-12H2,1H3,(H,20,23). The molecule has 0 aliphatic carbocycles. The van der Waals surface area contributed by atoms with Crippen LogP contribution in [0.25, 0.3) is 0 Å². The highest BCUT2D eigenvalue weighted by atomic mass is 19.1. The lowest BCUT2D eigenvalue weighted by atomic mass is 10.1.